The number of esters is 2. The Kier molecular flexibility index (Phi) is 35.9. The standard InChI is InChI=1S/C42H82O9S/c1-5-9-11-13-15-17-19-21-23-25-27-29-31-33-35-48-40(7-3)50-39(43)37-38(52(45,46)47)42(44)51-41(8-4)49-36-34-32-30-28-26-24-22-20-18-16-14-12-10-6-2/h38,40-41H,5-37H2,1-4H3,(H,45,46,47). The van der Waals surface area contributed by atoms with Crippen LogP contribution in [0.2, 0.25) is 0 Å². The number of ether oxygens (including phenoxy) is 4. The summed E-state index contributed by atoms with van der Waals surface area (Å²) >= 11 is 0. The fourth-order valence-electron chi connectivity index (χ4n) is 6.35. The van der Waals surface area contributed by atoms with Gasteiger partial charge in [0.15, 0.2) is 5.25 Å². The van der Waals surface area contributed by atoms with Crippen LogP contribution in [-0.4, -0.2) is 56.0 Å². The summed E-state index contributed by atoms with van der Waals surface area (Å²) in [5, 5.41) is -2.10. The van der Waals surface area contributed by atoms with Crippen LogP contribution < -0.4 is 0 Å². The zero-order valence-corrected chi connectivity index (χ0v) is 35.0. The van der Waals surface area contributed by atoms with Crippen LogP contribution in [0.25, 0.3) is 0 Å². The molecule has 0 aromatic carbocycles. The molecule has 0 aromatic heterocycles. The lowest BCUT2D eigenvalue weighted by Crippen LogP contribution is -2.38. The average Bonchev–Trinajstić information content (AvgIpc) is 3.12. The lowest BCUT2D eigenvalue weighted by molar-refractivity contribution is -0.186. The zero-order chi connectivity index (χ0) is 38.5. The van der Waals surface area contributed by atoms with Crippen molar-refractivity contribution in [3.63, 3.8) is 0 Å². The van der Waals surface area contributed by atoms with Crippen molar-refractivity contribution < 1.29 is 41.5 Å². The highest BCUT2D eigenvalue weighted by Gasteiger charge is 2.37. The summed E-state index contributed by atoms with van der Waals surface area (Å²) in [5.41, 5.74) is 0. The van der Waals surface area contributed by atoms with E-state index in [1.165, 1.54) is 141 Å². The molecule has 0 aromatic rings. The van der Waals surface area contributed by atoms with Crippen molar-refractivity contribution in [2.75, 3.05) is 13.2 Å². The fraction of sp³-hybridized carbons (Fsp3) is 0.952. The van der Waals surface area contributed by atoms with E-state index in [-0.39, 0.29) is 0 Å². The molecule has 0 aliphatic rings. The van der Waals surface area contributed by atoms with Crippen LogP contribution in [0.1, 0.15) is 227 Å². The molecule has 1 N–H and O–H groups in total. The highest BCUT2D eigenvalue weighted by molar-refractivity contribution is 7.87. The Balaban J connectivity index is 4.17. The fourth-order valence-corrected chi connectivity index (χ4v) is 7.00. The van der Waals surface area contributed by atoms with Gasteiger partial charge >= 0.3 is 11.9 Å². The van der Waals surface area contributed by atoms with Crippen molar-refractivity contribution in [1.82, 2.24) is 0 Å². The minimum Gasteiger partial charge on any atom is -0.436 e. The maximum Gasteiger partial charge on any atom is 0.329 e. The maximum absolute atomic E-state index is 12.8. The Morgan fingerprint density at radius 3 is 1.04 bits per heavy atom. The first-order chi connectivity index (χ1) is 25.2. The number of rotatable bonds is 40. The van der Waals surface area contributed by atoms with Crippen molar-refractivity contribution in [2.45, 2.75) is 245 Å². The molecule has 0 saturated carbocycles. The second-order valence-corrected chi connectivity index (χ2v) is 16.3. The van der Waals surface area contributed by atoms with Gasteiger partial charge in [-0.3, -0.25) is 14.1 Å². The Morgan fingerprint density at radius 1 is 0.462 bits per heavy atom. The lowest BCUT2D eigenvalue weighted by Gasteiger charge is -2.21. The second-order valence-electron chi connectivity index (χ2n) is 14.7. The Bertz CT molecular complexity index is 911. The number of carbonyl (C=O) groups excluding carboxylic acids is 2. The van der Waals surface area contributed by atoms with Gasteiger partial charge in [0.1, 0.15) is 0 Å². The summed E-state index contributed by atoms with van der Waals surface area (Å²) in [4.78, 5) is 25.4. The van der Waals surface area contributed by atoms with E-state index in [1.807, 2.05) is 0 Å². The molecular weight excluding hydrogens is 681 g/mol. The van der Waals surface area contributed by atoms with Gasteiger partial charge < -0.3 is 18.9 Å². The van der Waals surface area contributed by atoms with Crippen LogP contribution in [0.4, 0.5) is 0 Å². The van der Waals surface area contributed by atoms with Gasteiger partial charge in [0.2, 0.25) is 12.6 Å². The highest BCUT2D eigenvalue weighted by Crippen LogP contribution is 2.17. The first kappa shape index (κ1) is 50.8. The van der Waals surface area contributed by atoms with E-state index in [9.17, 15) is 22.6 Å². The third-order valence-electron chi connectivity index (χ3n) is 9.75. The third kappa shape index (κ3) is 32.2. The third-order valence-corrected chi connectivity index (χ3v) is 10.8. The SMILES string of the molecule is CCCCCCCCCCCCCCCCOC(CC)OC(=O)CC(C(=O)OC(CC)OCCCCCCCCCCCCCCCC)S(=O)(=O)O. The molecule has 310 valence electrons. The monoisotopic (exact) mass is 763 g/mol. The summed E-state index contributed by atoms with van der Waals surface area (Å²) in [6.45, 7) is 8.83. The maximum atomic E-state index is 12.8. The molecule has 0 radical (unpaired) electrons. The predicted octanol–water partition coefficient (Wildman–Crippen LogP) is 12.2. The molecule has 0 bridgehead atoms. The van der Waals surface area contributed by atoms with Crippen LogP contribution in [0, 0.1) is 0 Å². The van der Waals surface area contributed by atoms with Crippen molar-refractivity contribution in [3.05, 3.63) is 0 Å². The lowest BCUT2D eigenvalue weighted by atomic mass is 10.0. The molecule has 0 fully saturated rings. The first-order valence-corrected chi connectivity index (χ1v) is 23.3. The molecule has 0 spiro atoms. The summed E-state index contributed by atoms with van der Waals surface area (Å²) in [6, 6.07) is 0. The van der Waals surface area contributed by atoms with E-state index >= 15 is 0 Å². The summed E-state index contributed by atoms with van der Waals surface area (Å²) < 4.78 is 55.8. The molecule has 3 unspecified atom stereocenters. The van der Waals surface area contributed by atoms with Crippen LogP contribution in [0.5, 0.6) is 0 Å². The number of hydrogen-bond acceptors (Lipinski definition) is 8. The van der Waals surface area contributed by atoms with E-state index < -0.39 is 46.3 Å². The van der Waals surface area contributed by atoms with E-state index in [0.29, 0.717) is 26.1 Å². The van der Waals surface area contributed by atoms with Crippen molar-refractivity contribution in [3.8, 4) is 0 Å². The molecule has 52 heavy (non-hydrogen) atoms. The van der Waals surface area contributed by atoms with E-state index in [2.05, 4.69) is 13.8 Å². The molecule has 0 saturated heterocycles. The zero-order valence-electron chi connectivity index (χ0n) is 34.2. The quantitative estimate of drug-likeness (QED) is 0.0281. The van der Waals surface area contributed by atoms with Crippen LogP contribution in [0.3, 0.4) is 0 Å². The second kappa shape index (κ2) is 36.7. The van der Waals surface area contributed by atoms with Gasteiger partial charge in [-0.15, -0.1) is 0 Å². The predicted molar refractivity (Wildman–Crippen MR) is 213 cm³/mol. The molecule has 0 amide bonds. The number of hydrogen-bond donors (Lipinski definition) is 1. The van der Waals surface area contributed by atoms with Crippen molar-refractivity contribution in [1.29, 1.82) is 0 Å². The van der Waals surface area contributed by atoms with Gasteiger partial charge in [-0.1, -0.05) is 195 Å². The van der Waals surface area contributed by atoms with Gasteiger partial charge in [-0.25, -0.2) is 0 Å². The Labute approximate surface area is 320 Å². The molecule has 10 heteroatoms. The summed E-state index contributed by atoms with van der Waals surface area (Å²) in [5.74, 6) is -2.19. The van der Waals surface area contributed by atoms with Gasteiger partial charge in [0.25, 0.3) is 10.1 Å². The van der Waals surface area contributed by atoms with E-state index in [0.717, 1.165) is 38.5 Å². The minimum atomic E-state index is -4.92. The molecule has 0 aliphatic carbocycles. The molecule has 0 rings (SSSR count). The largest absolute Gasteiger partial charge is 0.436 e. The van der Waals surface area contributed by atoms with E-state index in [1.54, 1.807) is 13.8 Å². The molecule has 0 heterocycles. The molecule has 9 nitrogen and oxygen atoms in total. The Morgan fingerprint density at radius 2 is 0.750 bits per heavy atom. The first-order valence-electron chi connectivity index (χ1n) is 21.8. The van der Waals surface area contributed by atoms with Crippen LogP contribution in [0.15, 0.2) is 0 Å². The van der Waals surface area contributed by atoms with Gasteiger partial charge in [0.05, 0.1) is 19.6 Å². The molecular formula is C42H82O9S. The molecule has 3 atom stereocenters. The smallest absolute Gasteiger partial charge is 0.329 e. The van der Waals surface area contributed by atoms with Gasteiger partial charge in [-0.05, 0) is 12.8 Å². The van der Waals surface area contributed by atoms with Crippen LogP contribution in [-0.2, 0) is 38.7 Å². The normalized spacial score (nSPS) is 13.6. The summed E-state index contributed by atoms with van der Waals surface area (Å²) in [6.07, 6.45) is 33.0. The number of unbranched alkanes of at least 4 members (excludes halogenated alkanes) is 26. The van der Waals surface area contributed by atoms with Gasteiger partial charge in [0, 0.05) is 12.8 Å². The Hall–Kier alpha value is -1.23. The highest BCUT2D eigenvalue weighted by atomic mass is 32.2. The van der Waals surface area contributed by atoms with Crippen molar-refractivity contribution in [2.24, 2.45) is 0 Å². The van der Waals surface area contributed by atoms with Crippen LogP contribution >= 0.6 is 0 Å². The molecule has 0 aliphatic heterocycles. The van der Waals surface area contributed by atoms with Crippen molar-refractivity contribution >= 4 is 22.1 Å². The summed E-state index contributed by atoms with van der Waals surface area (Å²) in [7, 11) is -4.92. The number of carbonyl (C=O) groups is 2. The van der Waals surface area contributed by atoms with E-state index in [4.69, 9.17) is 18.9 Å². The minimum absolute atomic E-state index is 0.304. The topological polar surface area (TPSA) is 125 Å². The average molecular weight is 763 g/mol. The van der Waals surface area contributed by atoms with Gasteiger partial charge in [-0.2, -0.15) is 8.42 Å².